The quantitative estimate of drug-likeness (QED) is 0.697. The molecule has 0 spiro atoms. The maximum atomic E-state index is 12.6. The van der Waals surface area contributed by atoms with E-state index in [9.17, 15) is 9.59 Å². The Morgan fingerprint density at radius 2 is 2.04 bits per heavy atom. The Kier molecular flexibility index (Phi) is 5.98. The molecule has 3 heterocycles. The Morgan fingerprint density at radius 1 is 1.23 bits per heavy atom. The molecular weight excluding hydrogens is 334 g/mol. The van der Waals surface area contributed by atoms with Gasteiger partial charge in [-0.25, -0.2) is 4.98 Å². The molecule has 1 aliphatic rings. The van der Waals surface area contributed by atoms with Crippen molar-refractivity contribution in [1.29, 1.82) is 0 Å². The van der Waals surface area contributed by atoms with Crippen LogP contribution in [0, 0.1) is 0 Å². The fraction of sp³-hybridized carbons (Fsp3) is 0.389. The van der Waals surface area contributed by atoms with Gasteiger partial charge >= 0.3 is 0 Å². The lowest BCUT2D eigenvalue weighted by atomic mass is 10.3. The van der Waals surface area contributed by atoms with Crippen molar-refractivity contribution in [2.75, 3.05) is 45.9 Å². The van der Waals surface area contributed by atoms with Gasteiger partial charge in [-0.3, -0.25) is 18.9 Å². The van der Waals surface area contributed by atoms with Gasteiger partial charge in [-0.15, -0.1) is 6.58 Å². The van der Waals surface area contributed by atoms with Crippen LogP contribution in [0.4, 0.5) is 0 Å². The number of morpholine rings is 1. The van der Waals surface area contributed by atoms with E-state index < -0.39 is 0 Å². The van der Waals surface area contributed by atoms with Gasteiger partial charge < -0.3 is 15.4 Å². The largest absolute Gasteiger partial charge is 0.379 e. The summed E-state index contributed by atoms with van der Waals surface area (Å²) in [4.78, 5) is 31.4. The van der Waals surface area contributed by atoms with Gasteiger partial charge in [0.1, 0.15) is 0 Å². The van der Waals surface area contributed by atoms with Gasteiger partial charge in [0.25, 0.3) is 11.8 Å². The lowest BCUT2D eigenvalue weighted by Gasteiger charge is -2.26. The minimum absolute atomic E-state index is 0.200. The van der Waals surface area contributed by atoms with Crippen LogP contribution in [0.25, 0.3) is 5.52 Å². The van der Waals surface area contributed by atoms with E-state index in [1.54, 1.807) is 34.9 Å². The Balaban J connectivity index is 1.71. The molecule has 2 aromatic rings. The van der Waals surface area contributed by atoms with Crippen molar-refractivity contribution < 1.29 is 14.3 Å². The Hall–Kier alpha value is -2.71. The lowest BCUT2D eigenvalue weighted by molar-refractivity contribution is 0.0383. The molecule has 1 saturated heterocycles. The first-order valence-electron chi connectivity index (χ1n) is 8.65. The summed E-state index contributed by atoms with van der Waals surface area (Å²) in [5.74, 6) is -0.436. The van der Waals surface area contributed by atoms with Crippen LogP contribution in [-0.4, -0.2) is 72.0 Å². The molecule has 0 saturated carbocycles. The number of nitrogens with one attached hydrogen (secondary N) is 2. The second-order valence-electron chi connectivity index (χ2n) is 5.95. The molecule has 0 atom stereocenters. The molecule has 0 aromatic carbocycles. The molecule has 2 aromatic heterocycles. The van der Waals surface area contributed by atoms with Crippen molar-refractivity contribution in [2.24, 2.45) is 0 Å². The van der Waals surface area contributed by atoms with Crippen LogP contribution >= 0.6 is 0 Å². The SMILES string of the molecule is C=CCNC(=O)c1nc(C(=O)NCCN2CCOCC2)n2ccccc12. The molecular formula is C18H23N5O3. The number of imidazole rings is 1. The first-order valence-corrected chi connectivity index (χ1v) is 8.65. The normalized spacial score (nSPS) is 14.9. The van der Waals surface area contributed by atoms with Gasteiger partial charge in [0, 0.05) is 38.9 Å². The van der Waals surface area contributed by atoms with Crippen molar-refractivity contribution >= 4 is 17.3 Å². The highest BCUT2D eigenvalue weighted by Crippen LogP contribution is 2.13. The van der Waals surface area contributed by atoms with Gasteiger partial charge in [-0.1, -0.05) is 12.1 Å². The van der Waals surface area contributed by atoms with E-state index in [0.29, 0.717) is 18.6 Å². The predicted octanol–water partition coefficient (Wildman–Crippen LogP) is 0.312. The first-order chi connectivity index (χ1) is 12.7. The van der Waals surface area contributed by atoms with E-state index in [4.69, 9.17) is 4.74 Å². The van der Waals surface area contributed by atoms with Crippen LogP contribution in [0.3, 0.4) is 0 Å². The van der Waals surface area contributed by atoms with E-state index in [-0.39, 0.29) is 23.3 Å². The summed E-state index contributed by atoms with van der Waals surface area (Å²) in [6, 6.07) is 5.37. The maximum Gasteiger partial charge on any atom is 0.287 e. The highest BCUT2D eigenvalue weighted by Gasteiger charge is 2.21. The summed E-state index contributed by atoms with van der Waals surface area (Å²) in [6.45, 7) is 8.37. The van der Waals surface area contributed by atoms with Crippen LogP contribution in [0.5, 0.6) is 0 Å². The number of rotatable bonds is 7. The van der Waals surface area contributed by atoms with Crippen LogP contribution < -0.4 is 10.6 Å². The molecule has 138 valence electrons. The summed E-state index contributed by atoms with van der Waals surface area (Å²) in [5.41, 5.74) is 0.818. The molecule has 0 bridgehead atoms. The number of hydrogen-bond donors (Lipinski definition) is 2. The molecule has 26 heavy (non-hydrogen) atoms. The zero-order chi connectivity index (χ0) is 18.4. The Bertz CT molecular complexity index is 795. The number of fused-ring (bicyclic) bond motifs is 1. The molecule has 3 rings (SSSR count). The minimum atomic E-state index is -0.332. The van der Waals surface area contributed by atoms with Crippen molar-refractivity contribution in [3.05, 3.63) is 48.6 Å². The van der Waals surface area contributed by atoms with E-state index >= 15 is 0 Å². The molecule has 2 N–H and O–H groups in total. The zero-order valence-electron chi connectivity index (χ0n) is 14.6. The number of carbonyl (C=O) groups excluding carboxylic acids is 2. The van der Waals surface area contributed by atoms with Gasteiger partial charge in [-0.05, 0) is 12.1 Å². The summed E-state index contributed by atoms with van der Waals surface area (Å²) in [6.07, 6.45) is 3.32. The molecule has 0 unspecified atom stereocenters. The molecule has 0 aliphatic carbocycles. The third-order valence-electron chi connectivity index (χ3n) is 4.19. The van der Waals surface area contributed by atoms with Gasteiger partial charge in [0.05, 0.1) is 18.7 Å². The van der Waals surface area contributed by atoms with E-state index in [1.165, 1.54) is 0 Å². The summed E-state index contributed by atoms with van der Waals surface area (Å²) in [7, 11) is 0. The molecule has 0 radical (unpaired) electrons. The number of amides is 2. The molecule has 8 nitrogen and oxygen atoms in total. The van der Waals surface area contributed by atoms with E-state index in [1.807, 2.05) is 0 Å². The van der Waals surface area contributed by atoms with Crippen molar-refractivity contribution in [3.63, 3.8) is 0 Å². The topological polar surface area (TPSA) is 88.0 Å². The number of hydrogen-bond acceptors (Lipinski definition) is 5. The number of carbonyl (C=O) groups is 2. The smallest absolute Gasteiger partial charge is 0.287 e. The zero-order valence-corrected chi connectivity index (χ0v) is 14.6. The Morgan fingerprint density at radius 3 is 2.81 bits per heavy atom. The summed E-state index contributed by atoms with van der Waals surface area (Å²) >= 11 is 0. The van der Waals surface area contributed by atoms with Crippen molar-refractivity contribution in [3.8, 4) is 0 Å². The number of pyridine rings is 1. The molecule has 2 amide bonds. The second-order valence-corrected chi connectivity index (χ2v) is 5.95. The molecule has 1 aliphatic heterocycles. The van der Waals surface area contributed by atoms with E-state index in [0.717, 1.165) is 32.8 Å². The first kappa shape index (κ1) is 18.1. The third-order valence-corrected chi connectivity index (χ3v) is 4.19. The van der Waals surface area contributed by atoms with Gasteiger partial charge in [-0.2, -0.15) is 0 Å². The third kappa shape index (κ3) is 4.09. The number of aromatic nitrogens is 2. The lowest BCUT2D eigenvalue weighted by Crippen LogP contribution is -2.41. The maximum absolute atomic E-state index is 12.6. The predicted molar refractivity (Wildman–Crippen MR) is 97.3 cm³/mol. The van der Waals surface area contributed by atoms with Crippen LogP contribution in [0.2, 0.25) is 0 Å². The minimum Gasteiger partial charge on any atom is -0.379 e. The van der Waals surface area contributed by atoms with Gasteiger partial charge in [0.15, 0.2) is 5.69 Å². The fourth-order valence-corrected chi connectivity index (χ4v) is 2.85. The average Bonchev–Trinajstić information content (AvgIpc) is 3.07. The number of nitrogens with zero attached hydrogens (tertiary/aromatic N) is 3. The van der Waals surface area contributed by atoms with Crippen molar-refractivity contribution in [2.45, 2.75) is 0 Å². The monoisotopic (exact) mass is 357 g/mol. The average molecular weight is 357 g/mol. The fourth-order valence-electron chi connectivity index (χ4n) is 2.85. The summed E-state index contributed by atoms with van der Waals surface area (Å²) < 4.78 is 6.94. The second kappa shape index (κ2) is 8.59. The van der Waals surface area contributed by atoms with E-state index in [2.05, 4.69) is 27.1 Å². The van der Waals surface area contributed by atoms with Crippen LogP contribution in [-0.2, 0) is 4.74 Å². The van der Waals surface area contributed by atoms with Crippen LogP contribution in [0.1, 0.15) is 21.1 Å². The molecule has 1 fully saturated rings. The van der Waals surface area contributed by atoms with Crippen LogP contribution in [0.15, 0.2) is 37.1 Å². The standard InChI is InChI=1S/C18H23N5O3/c1-2-6-19-17(24)15-14-5-3-4-8-23(14)16(21-15)18(25)20-7-9-22-10-12-26-13-11-22/h2-5,8H,1,6-7,9-13H2,(H,19,24)(H,20,25). The van der Waals surface area contributed by atoms with Crippen molar-refractivity contribution in [1.82, 2.24) is 24.9 Å². The Labute approximate surface area is 151 Å². The highest BCUT2D eigenvalue weighted by atomic mass is 16.5. The summed E-state index contributed by atoms with van der Waals surface area (Å²) in [5, 5.41) is 5.58. The number of ether oxygens (including phenoxy) is 1. The highest BCUT2D eigenvalue weighted by molar-refractivity contribution is 6.02. The molecule has 8 heteroatoms. The van der Waals surface area contributed by atoms with Gasteiger partial charge in [0.2, 0.25) is 5.82 Å².